The highest BCUT2D eigenvalue weighted by molar-refractivity contribution is 5.90. The van der Waals surface area contributed by atoms with Gasteiger partial charge in [-0.2, -0.15) is 0 Å². The molecule has 4 atom stereocenters. The number of hydrogen-bond donors (Lipinski definition) is 3. The molecular formula is C14H22O5. The van der Waals surface area contributed by atoms with Crippen molar-refractivity contribution in [2.75, 3.05) is 0 Å². The van der Waals surface area contributed by atoms with Crippen LogP contribution in [0.15, 0.2) is 11.3 Å². The van der Waals surface area contributed by atoms with Gasteiger partial charge in [0.2, 0.25) is 0 Å². The molecule has 1 aliphatic carbocycles. The van der Waals surface area contributed by atoms with Crippen molar-refractivity contribution in [2.24, 2.45) is 5.92 Å². The molecule has 0 spiro atoms. The third kappa shape index (κ3) is 3.48. The van der Waals surface area contributed by atoms with Crippen molar-refractivity contribution < 1.29 is 24.9 Å². The van der Waals surface area contributed by atoms with E-state index in [0.29, 0.717) is 24.8 Å². The summed E-state index contributed by atoms with van der Waals surface area (Å²) in [5, 5.41) is 28.6. The van der Waals surface area contributed by atoms with Crippen LogP contribution in [0.3, 0.4) is 0 Å². The van der Waals surface area contributed by atoms with Crippen LogP contribution in [0.5, 0.6) is 0 Å². The van der Waals surface area contributed by atoms with Crippen LogP contribution in [0, 0.1) is 5.92 Å². The van der Waals surface area contributed by atoms with E-state index in [1.54, 1.807) is 6.92 Å². The van der Waals surface area contributed by atoms with Crippen molar-refractivity contribution in [3.8, 4) is 0 Å². The number of hydrogen-bond acceptors (Lipinski definition) is 5. The first-order valence-electron chi connectivity index (χ1n) is 6.96. The van der Waals surface area contributed by atoms with Crippen molar-refractivity contribution >= 4 is 5.97 Å². The van der Waals surface area contributed by atoms with Gasteiger partial charge in [-0.1, -0.05) is 0 Å². The number of ether oxygens (including phenoxy) is 1. The van der Waals surface area contributed by atoms with E-state index in [2.05, 4.69) is 0 Å². The number of aliphatic hydroxyl groups is 3. The predicted molar refractivity (Wildman–Crippen MR) is 68.4 cm³/mol. The summed E-state index contributed by atoms with van der Waals surface area (Å²) in [5.41, 5.74) is 0.358. The number of rotatable bonds is 4. The Morgan fingerprint density at radius 3 is 2.84 bits per heavy atom. The highest BCUT2D eigenvalue weighted by atomic mass is 16.5. The molecule has 0 aromatic heterocycles. The van der Waals surface area contributed by atoms with Gasteiger partial charge >= 0.3 is 5.97 Å². The van der Waals surface area contributed by atoms with Crippen LogP contribution in [0.2, 0.25) is 0 Å². The van der Waals surface area contributed by atoms with Crippen LogP contribution in [-0.2, 0) is 9.53 Å². The van der Waals surface area contributed by atoms with Gasteiger partial charge in [0.25, 0.3) is 0 Å². The normalized spacial score (nSPS) is 32.8. The minimum absolute atomic E-state index is 0.0174. The lowest BCUT2D eigenvalue weighted by Gasteiger charge is -2.35. The van der Waals surface area contributed by atoms with E-state index in [1.165, 1.54) is 0 Å². The first kappa shape index (κ1) is 14.3. The summed E-state index contributed by atoms with van der Waals surface area (Å²) in [4.78, 5) is 11.9. The van der Waals surface area contributed by atoms with Gasteiger partial charge in [-0.3, -0.25) is 0 Å². The van der Waals surface area contributed by atoms with E-state index in [-0.39, 0.29) is 30.3 Å². The average Bonchev–Trinajstić information content (AvgIpc) is 2.26. The lowest BCUT2D eigenvalue weighted by atomic mass is 9.79. The molecule has 1 saturated heterocycles. The molecule has 0 radical (unpaired) electrons. The number of aliphatic hydroxyl groups excluding tert-OH is 3. The molecule has 1 fully saturated rings. The lowest BCUT2D eigenvalue weighted by Crippen LogP contribution is -2.37. The van der Waals surface area contributed by atoms with Gasteiger partial charge in [0.05, 0.1) is 17.8 Å². The maximum atomic E-state index is 11.9. The third-order valence-electron chi connectivity index (χ3n) is 3.89. The largest absolute Gasteiger partial charge is 0.512 e. The highest BCUT2D eigenvalue weighted by Crippen LogP contribution is 2.38. The van der Waals surface area contributed by atoms with Gasteiger partial charge < -0.3 is 20.1 Å². The van der Waals surface area contributed by atoms with E-state index < -0.39 is 12.1 Å². The fourth-order valence-electron chi connectivity index (χ4n) is 2.99. The van der Waals surface area contributed by atoms with Gasteiger partial charge in [0.1, 0.15) is 11.9 Å². The van der Waals surface area contributed by atoms with Crippen LogP contribution in [0.4, 0.5) is 0 Å². The van der Waals surface area contributed by atoms with Crippen LogP contribution in [0.1, 0.15) is 45.4 Å². The molecule has 5 heteroatoms. The van der Waals surface area contributed by atoms with Gasteiger partial charge in [0, 0.05) is 12.3 Å². The van der Waals surface area contributed by atoms with E-state index in [1.807, 2.05) is 0 Å². The van der Waals surface area contributed by atoms with Crippen molar-refractivity contribution in [3.63, 3.8) is 0 Å². The van der Waals surface area contributed by atoms with Gasteiger partial charge in [0.15, 0.2) is 0 Å². The summed E-state index contributed by atoms with van der Waals surface area (Å²) in [7, 11) is 0. The molecular weight excluding hydrogens is 248 g/mol. The van der Waals surface area contributed by atoms with Gasteiger partial charge in [-0.25, -0.2) is 4.79 Å². The highest BCUT2D eigenvalue weighted by Gasteiger charge is 2.39. The van der Waals surface area contributed by atoms with Crippen LogP contribution >= 0.6 is 0 Å². The topological polar surface area (TPSA) is 87.0 Å². The summed E-state index contributed by atoms with van der Waals surface area (Å²) in [5.74, 6) is -0.555. The Balaban J connectivity index is 1.96. The summed E-state index contributed by atoms with van der Waals surface area (Å²) in [6.07, 6.45) is 2.45. The molecule has 2 rings (SSSR count). The Hall–Kier alpha value is -1.07. The Morgan fingerprint density at radius 1 is 1.42 bits per heavy atom. The Morgan fingerprint density at radius 2 is 2.16 bits per heavy atom. The van der Waals surface area contributed by atoms with Crippen molar-refractivity contribution in [2.45, 2.75) is 63.8 Å². The second-order valence-corrected chi connectivity index (χ2v) is 5.69. The molecule has 0 bridgehead atoms. The Bertz CT molecular complexity index is 374. The number of esters is 1. The second-order valence-electron chi connectivity index (χ2n) is 5.69. The predicted octanol–water partition coefficient (Wildman–Crippen LogP) is 1.44. The average molecular weight is 270 g/mol. The molecule has 0 amide bonds. The van der Waals surface area contributed by atoms with Gasteiger partial charge in [-0.05, 0) is 39.0 Å². The molecule has 108 valence electrons. The van der Waals surface area contributed by atoms with Gasteiger partial charge in [-0.15, -0.1) is 0 Å². The quantitative estimate of drug-likeness (QED) is 0.673. The van der Waals surface area contributed by atoms with Crippen LogP contribution in [0.25, 0.3) is 0 Å². The summed E-state index contributed by atoms with van der Waals surface area (Å²) >= 11 is 0. The minimum atomic E-state index is -0.572. The summed E-state index contributed by atoms with van der Waals surface area (Å²) < 4.78 is 5.32. The zero-order valence-electron chi connectivity index (χ0n) is 11.2. The molecule has 19 heavy (non-hydrogen) atoms. The lowest BCUT2D eigenvalue weighted by molar-refractivity contribution is -0.151. The molecule has 1 aliphatic heterocycles. The monoisotopic (exact) mass is 270 g/mol. The van der Waals surface area contributed by atoms with E-state index in [4.69, 9.17) is 4.74 Å². The first-order valence-corrected chi connectivity index (χ1v) is 6.96. The van der Waals surface area contributed by atoms with E-state index >= 15 is 0 Å². The standard InChI is InChI=1S/C14H22O5/c1-8(15)3-2-4-11-6-9-5-10(16)7-12(17)13(9)14(18)19-11/h8-11,15-17H,2-7H2,1H3. The first-order chi connectivity index (χ1) is 8.97. The molecule has 0 saturated carbocycles. The Labute approximate surface area is 112 Å². The minimum Gasteiger partial charge on any atom is -0.512 e. The molecule has 2 aliphatic rings. The molecule has 0 aromatic rings. The Kier molecular flexibility index (Phi) is 4.47. The van der Waals surface area contributed by atoms with Crippen molar-refractivity contribution in [1.82, 2.24) is 0 Å². The molecule has 1 heterocycles. The van der Waals surface area contributed by atoms with E-state index in [0.717, 1.165) is 12.8 Å². The molecule has 5 nitrogen and oxygen atoms in total. The van der Waals surface area contributed by atoms with Crippen molar-refractivity contribution in [3.05, 3.63) is 11.3 Å². The fraction of sp³-hybridized carbons (Fsp3) is 0.786. The number of fused-ring (bicyclic) bond motifs is 1. The summed E-state index contributed by atoms with van der Waals surface area (Å²) in [6, 6.07) is 0. The molecule has 0 aromatic carbocycles. The molecule has 4 unspecified atom stereocenters. The second kappa shape index (κ2) is 5.92. The van der Waals surface area contributed by atoms with E-state index in [9.17, 15) is 20.1 Å². The zero-order chi connectivity index (χ0) is 14.0. The summed E-state index contributed by atoms with van der Waals surface area (Å²) in [6.45, 7) is 1.74. The maximum absolute atomic E-state index is 11.9. The van der Waals surface area contributed by atoms with Crippen LogP contribution in [-0.4, -0.2) is 39.6 Å². The number of carbonyl (C=O) groups is 1. The smallest absolute Gasteiger partial charge is 0.337 e. The van der Waals surface area contributed by atoms with Crippen molar-refractivity contribution in [1.29, 1.82) is 0 Å². The SMILES string of the molecule is CC(O)CCCC1CC2CC(O)CC(O)=C2C(=O)O1. The number of cyclic esters (lactones) is 1. The number of carbonyl (C=O) groups excluding carboxylic acids is 1. The maximum Gasteiger partial charge on any atom is 0.337 e. The third-order valence-corrected chi connectivity index (χ3v) is 3.89. The zero-order valence-corrected chi connectivity index (χ0v) is 11.2. The van der Waals surface area contributed by atoms with Crippen LogP contribution < -0.4 is 0 Å². The fourth-order valence-corrected chi connectivity index (χ4v) is 2.99. The molecule has 3 N–H and O–H groups in total.